The van der Waals surface area contributed by atoms with E-state index in [4.69, 9.17) is 9.52 Å². The third-order valence-corrected chi connectivity index (χ3v) is 2.97. The molecule has 16 heavy (non-hydrogen) atoms. The lowest BCUT2D eigenvalue weighted by Gasteiger charge is -1.97. The Morgan fingerprint density at radius 1 is 1.56 bits per heavy atom. The molecular formula is C10H10N2O3S. The minimum absolute atomic E-state index is 0.0543. The lowest BCUT2D eigenvalue weighted by atomic mass is 10.5. The number of carboxylic acids is 1. The molecule has 84 valence electrons. The average molecular weight is 238 g/mol. The smallest absolute Gasteiger partial charge is 0.371 e. The average Bonchev–Trinajstić information content (AvgIpc) is 2.75. The summed E-state index contributed by atoms with van der Waals surface area (Å²) in [6.07, 6.45) is 0. The molecule has 2 heterocycles. The van der Waals surface area contributed by atoms with Crippen molar-refractivity contribution in [3.8, 4) is 0 Å². The Morgan fingerprint density at radius 2 is 2.31 bits per heavy atom. The molecule has 0 amide bonds. The molecule has 1 N–H and O–H groups in total. The summed E-state index contributed by atoms with van der Waals surface area (Å²) in [5.74, 6) is -1.12. The number of carbonyl (C=O) groups is 1. The fourth-order valence-corrected chi connectivity index (χ4v) is 2.15. The van der Waals surface area contributed by atoms with Gasteiger partial charge in [0.05, 0.1) is 5.69 Å². The van der Waals surface area contributed by atoms with Crippen LogP contribution in [0.15, 0.2) is 32.7 Å². The molecule has 5 nitrogen and oxygen atoms in total. The van der Waals surface area contributed by atoms with E-state index in [0.717, 1.165) is 10.7 Å². The predicted octanol–water partition coefficient (Wildman–Crippen LogP) is 2.17. The number of nitrogens with zero attached hydrogens (tertiary/aromatic N) is 2. The van der Waals surface area contributed by atoms with Crippen LogP contribution in [0.25, 0.3) is 0 Å². The minimum atomic E-state index is -1.06. The monoisotopic (exact) mass is 238 g/mol. The van der Waals surface area contributed by atoms with Crippen LogP contribution in [-0.2, 0) is 7.05 Å². The van der Waals surface area contributed by atoms with Crippen LogP contribution in [-0.4, -0.2) is 20.9 Å². The number of hydrogen-bond acceptors (Lipinski definition) is 4. The fourth-order valence-electron chi connectivity index (χ4n) is 1.28. The summed E-state index contributed by atoms with van der Waals surface area (Å²) in [5, 5.41) is 14.3. The third-order valence-electron chi connectivity index (χ3n) is 1.96. The number of carboxylic acid groups (broad SMARTS) is 1. The Balaban J connectivity index is 2.20. The van der Waals surface area contributed by atoms with E-state index in [-0.39, 0.29) is 5.76 Å². The highest BCUT2D eigenvalue weighted by Gasteiger charge is 2.11. The molecule has 0 saturated carbocycles. The first-order valence-electron chi connectivity index (χ1n) is 4.58. The number of aryl methyl sites for hydroxylation is 2. The topological polar surface area (TPSA) is 68.3 Å². The van der Waals surface area contributed by atoms with E-state index >= 15 is 0 Å². The maximum absolute atomic E-state index is 10.6. The van der Waals surface area contributed by atoms with Gasteiger partial charge in [-0.3, -0.25) is 4.68 Å². The summed E-state index contributed by atoms with van der Waals surface area (Å²) < 4.78 is 6.86. The van der Waals surface area contributed by atoms with Gasteiger partial charge in [0.1, 0.15) is 5.03 Å². The lowest BCUT2D eigenvalue weighted by molar-refractivity contribution is 0.0656. The molecule has 0 spiro atoms. The van der Waals surface area contributed by atoms with Crippen LogP contribution in [0, 0.1) is 6.92 Å². The molecule has 0 aliphatic heterocycles. The Bertz CT molecular complexity index is 530. The van der Waals surface area contributed by atoms with E-state index in [1.165, 1.54) is 17.8 Å². The summed E-state index contributed by atoms with van der Waals surface area (Å²) in [7, 11) is 1.83. The van der Waals surface area contributed by atoms with Gasteiger partial charge in [-0.25, -0.2) is 4.79 Å². The minimum Gasteiger partial charge on any atom is -0.475 e. The molecular weight excluding hydrogens is 228 g/mol. The standard InChI is InChI=1S/C10H10N2O3S/c1-6-5-8(12(2)11-6)16-9-4-3-7(15-9)10(13)14/h3-5H,1-2H3,(H,13,14). The SMILES string of the molecule is Cc1cc(Sc2ccc(C(=O)O)o2)n(C)n1. The first-order valence-corrected chi connectivity index (χ1v) is 5.39. The van der Waals surface area contributed by atoms with E-state index < -0.39 is 5.97 Å². The molecule has 0 aliphatic rings. The Morgan fingerprint density at radius 3 is 2.81 bits per heavy atom. The molecule has 0 aromatic carbocycles. The molecule has 6 heteroatoms. The summed E-state index contributed by atoms with van der Waals surface area (Å²) in [6, 6.07) is 4.98. The van der Waals surface area contributed by atoms with E-state index in [1.807, 2.05) is 20.0 Å². The molecule has 0 atom stereocenters. The second kappa shape index (κ2) is 4.05. The quantitative estimate of drug-likeness (QED) is 0.887. The first kappa shape index (κ1) is 10.8. The summed E-state index contributed by atoms with van der Waals surface area (Å²) in [4.78, 5) is 10.6. The van der Waals surface area contributed by atoms with E-state index in [1.54, 1.807) is 10.7 Å². The van der Waals surface area contributed by atoms with Crippen molar-refractivity contribution >= 4 is 17.7 Å². The highest BCUT2D eigenvalue weighted by molar-refractivity contribution is 7.99. The van der Waals surface area contributed by atoms with Crippen molar-refractivity contribution in [1.82, 2.24) is 9.78 Å². The Labute approximate surface area is 96.1 Å². The maximum atomic E-state index is 10.6. The molecule has 0 radical (unpaired) electrons. The van der Waals surface area contributed by atoms with Crippen molar-refractivity contribution in [1.29, 1.82) is 0 Å². The highest BCUT2D eigenvalue weighted by Crippen LogP contribution is 2.29. The number of aromatic nitrogens is 2. The number of rotatable bonds is 3. The van der Waals surface area contributed by atoms with Gasteiger partial charge < -0.3 is 9.52 Å². The van der Waals surface area contributed by atoms with Crippen LogP contribution >= 0.6 is 11.8 Å². The first-order chi connectivity index (χ1) is 7.56. The van der Waals surface area contributed by atoms with E-state index in [2.05, 4.69) is 5.10 Å². The van der Waals surface area contributed by atoms with Gasteiger partial charge in [-0.1, -0.05) is 0 Å². The molecule has 0 fully saturated rings. The van der Waals surface area contributed by atoms with Crippen LogP contribution < -0.4 is 0 Å². The van der Waals surface area contributed by atoms with Crippen molar-refractivity contribution in [3.05, 3.63) is 29.7 Å². The zero-order valence-electron chi connectivity index (χ0n) is 8.80. The third kappa shape index (κ3) is 2.11. The van der Waals surface area contributed by atoms with Crippen molar-refractivity contribution in [2.45, 2.75) is 17.0 Å². The fraction of sp³-hybridized carbons (Fsp3) is 0.200. The van der Waals surface area contributed by atoms with Gasteiger partial charge in [0.25, 0.3) is 0 Å². The van der Waals surface area contributed by atoms with Crippen LogP contribution in [0.3, 0.4) is 0 Å². The molecule has 0 saturated heterocycles. The van der Waals surface area contributed by atoms with Gasteiger partial charge in [-0.05, 0) is 36.9 Å². The zero-order valence-corrected chi connectivity index (χ0v) is 9.61. The van der Waals surface area contributed by atoms with Gasteiger partial charge in [0, 0.05) is 7.05 Å². The molecule has 2 rings (SSSR count). The second-order valence-corrected chi connectivity index (χ2v) is 4.30. The van der Waals surface area contributed by atoms with E-state index in [0.29, 0.717) is 5.09 Å². The normalized spacial score (nSPS) is 10.6. The number of furan rings is 1. The molecule has 0 unspecified atom stereocenters. The molecule has 2 aromatic heterocycles. The predicted molar refractivity (Wildman–Crippen MR) is 57.7 cm³/mol. The number of aromatic carboxylic acids is 1. The summed E-state index contributed by atoms with van der Waals surface area (Å²) >= 11 is 1.34. The van der Waals surface area contributed by atoms with Gasteiger partial charge in [-0.2, -0.15) is 5.10 Å². The lowest BCUT2D eigenvalue weighted by Crippen LogP contribution is -1.92. The summed E-state index contributed by atoms with van der Waals surface area (Å²) in [6.45, 7) is 1.90. The highest BCUT2D eigenvalue weighted by atomic mass is 32.2. The van der Waals surface area contributed by atoms with Crippen molar-refractivity contribution in [2.24, 2.45) is 7.05 Å². The Hall–Kier alpha value is -1.69. The molecule has 2 aromatic rings. The zero-order chi connectivity index (χ0) is 11.7. The maximum Gasteiger partial charge on any atom is 0.371 e. The van der Waals surface area contributed by atoms with Crippen LogP contribution in [0.2, 0.25) is 0 Å². The Kier molecular flexibility index (Phi) is 2.74. The number of hydrogen-bond donors (Lipinski definition) is 1. The molecule has 0 bridgehead atoms. The van der Waals surface area contributed by atoms with Crippen LogP contribution in [0.4, 0.5) is 0 Å². The van der Waals surface area contributed by atoms with Crippen molar-refractivity contribution in [3.63, 3.8) is 0 Å². The largest absolute Gasteiger partial charge is 0.475 e. The van der Waals surface area contributed by atoms with Crippen LogP contribution in [0.5, 0.6) is 0 Å². The second-order valence-electron chi connectivity index (χ2n) is 3.27. The van der Waals surface area contributed by atoms with Crippen molar-refractivity contribution < 1.29 is 14.3 Å². The van der Waals surface area contributed by atoms with Gasteiger partial charge >= 0.3 is 5.97 Å². The summed E-state index contributed by atoms with van der Waals surface area (Å²) in [5.41, 5.74) is 0.912. The van der Waals surface area contributed by atoms with Crippen LogP contribution in [0.1, 0.15) is 16.2 Å². The van der Waals surface area contributed by atoms with Gasteiger partial charge in [0.2, 0.25) is 5.76 Å². The molecule has 0 aliphatic carbocycles. The van der Waals surface area contributed by atoms with E-state index in [9.17, 15) is 4.79 Å². The van der Waals surface area contributed by atoms with Gasteiger partial charge in [-0.15, -0.1) is 0 Å². The van der Waals surface area contributed by atoms with Gasteiger partial charge in [0.15, 0.2) is 5.09 Å². The van der Waals surface area contributed by atoms with Crippen molar-refractivity contribution in [2.75, 3.05) is 0 Å².